The summed E-state index contributed by atoms with van der Waals surface area (Å²) in [5.74, 6) is -1.27. The van der Waals surface area contributed by atoms with Crippen molar-refractivity contribution in [2.24, 2.45) is 0 Å². The van der Waals surface area contributed by atoms with Gasteiger partial charge in [0.1, 0.15) is 0 Å². The number of carbonyl (C=O) groups excluding carboxylic acids is 3. The van der Waals surface area contributed by atoms with Crippen molar-refractivity contribution in [1.82, 2.24) is 9.80 Å². The molecule has 0 spiro atoms. The molecule has 2 aromatic rings. The molecule has 1 aliphatic rings. The van der Waals surface area contributed by atoms with Gasteiger partial charge in [-0.15, -0.1) is 0 Å². The molecule has 2 aromatic carbocycles. The van der Waals surface area contributed by atoms with Crippen LogP contribution in [0.15, 0.2) is 54.6 Å². The number of carbonyl (C=O) groups is 3. The van der Waals surface area contributed by atoms with Gasteiger partial charge in [0.2, 0.25) is 11.8 Å². The van der Waals surface area contributed by atoms with Gasteiger partial charge in [0, 0.05) is 51.3 Å². The molecule has 10 heteroatoms. The summed E-state index contributed by atoms with van der Waals surface area (Å²) in [6.45, 7) is 0.757. The van der Waals surface area contributed by atoms with Crippen LogP contribution in [0.5, 0.6) is 0 Å². The fourth-order valence-electron chi connectivity index (χ4n) is 3.92. The van der Waals surface area contributed by atoms with E-state index in [1.54, 1.807) is 24.3 Å². The number of amides is 3. The Morgan fingerprint density at radius 3 is 2.11 bits per heavy atom. The zero-order chi connectivity index (χ0) is 25.4. The summed E-state index contributed by atoms with van der Waals surface area (Å²) in [7, 11) is 0. The highest BCUT2D eigenvalue weighted by atomic mass is 19.4. The van der Waals surface area contributed by atoms with Gasteiger partial charge in [-0.05, 0) is 24.3 Å². The molecule has 0 unspecified atom stereocenters. The minimum atomic E-state index is -4.64. The maximum Gasteiger partial charge on any atom is 0.417 e. The molecule has 3 rings (SSSR count). The second-order valence-corrected chi connectivity index (χ2v) is 8.01. The number of benzene rings is 2. The van der Waals surface area contributed by atoms with Crippen LogP contribution < -0.4 is 4.90 Å². The predicted molar refractivity (Wildman–Crippen MR) is 122 cm³/mol. The van der Waals surface area contributed by atoms with Crippen LogP contribution in [0.3, 0.4) is 0 Å². The molecule has 35 heavy (non-hydrogen) atoms. The van der Waals surface area contributed by atoms with E-state index in [0.29, 0.717) is 5.69 Å². The summed E-state index contributed by atoms with van der Waals surface area (Å²) in [4.78, 5) is 42.4. The molecule has 1 heterocycles. The lowest BCUT2D eigenvalue weighted by molar-refractivity contribution is -0.138. The molecule has 0 N–H and O–H groups in total. The van der Waals surface area contributed by atoms with Gasteiger partial charge >= 0.3 is 6.18 Å². The van der Waals surface area contributed by atoms with Crippen LogP contribution in [0.1, 0.15) is 35.2 Å². The number of hydrogen-bond donors (Lipinski definition) is 0. The van der Waals surface area contributed by atoms with Crippen LogP contribution in [0, 0.1) is 11.3 Å². The van der Waals surface area contributed by atoms with Gasteiger partial charge < -0.3 is 14.7 Å². The average Bonchev–Trinajstić information content (AvgIpc) is 2.87. The van der Waals surface area contributed by atoms with Gasteiger partial charge in [-0.3, -0.25) is 14.4 Å². The van der Waals surface area contributed by atoms with E-state index in [0.717, 1.165) is 12.1 Å². The van der Waals surface area contributed by atoms with Gasteiger partial charge in [0.05, 0.1) is 23.6 Å². The number of alkyl halides is 3. The van der Waals surface area contributed by atoms with Crippen molar-refractivity contribution in [1.29, 1.82) is 5.26 Å². The molecule has 0 aliphatic carbocycles. The topological polar surface area (TPSA) is 84.7 Å². The fourth-order valence-corrected chi connectivity index (χ4v) is 3.92. The molecule has 1 saturated heterocycles. The maximum absolute atomic E-state index is 13.3. The van der Waals surface area contributed by atoms with E-state index in [9.17, 15) is 27.6 Å². The number of piperazine rings is 1. The molecule has 7 nitrogen and oxygen atoms in total. The smallest absolute Gasteiger partial charge is 0.339 e. The summed E-state index contributed by atoms with van der Waals surface area (Å²) in [6, 6.07) is 15.5. The first-order valence-electron chi connectivity index (χ1n) is 11.2. The zero-order valence-corrected chi connectivity index (χ0v) is 19.0. The number of halogens is 3. The third-order valence-corrected chi connectivity index (χ3v) is 5.75. The Bertz CT molecular complexity index is 1090. The first-order valence-corrected chi connectivity index (χ1v) is 11.2. The largest absolute Gasteiger partial charge is 0.417 e. The van der Waals surface area contributed by atoms with Crippen LogP contribution in [0.2, 0.25) is 0 Å². The van der Waals surface area contributed by atoms with Crippen molar-refractivity contribution < 1.29 is 27.6 Å². The van der Waals surface area contributed by atoms with Crippen LogP contribution in [-0.2, 0) is 15.8 Å². The molecule has 0 atom stereocenters. The molecule has 3 amide bonds. The molecule has 1 fully saturated rings. The van der Waals surface area contributed by atoms with Crippen LogP contribution >= 0.6 is 0 Å². The zero-order valence-electron chi connectivity index (χ0n) is 19.0. The Balaban J connectivity index is 1.55. The Hall–Kier alpha value is -3.87. The van der Waals surface area contributed by atoms with E-state index in [1.807, 2.05) is 12.1 Å². The third-order valence-electron chi connectivity index (χ3n) is 5.75. The van der Waals surface area contributed by atoms with Gasteiger partial charge in [-0.2, -0.15) is 18.4 Å². The Labute approximate surface area is 201 Å². The quantitative estimate of drug-likeness (QED) is 0.597. The SMILES string of the molecule is N#CCCN(C(=O)CCC(=O)N1CCN(C(=O)c2ccccc2C(F)(F)F)CC1)c1ccccc1. The highest BCUT2D eigenvalue weighted by Gasteiger charge is 2.36. The number of rotatable bonds is 7. The van der Waals surface area contributed by atoms with Crippen molar-refractivity contribution in [3.63, 3.8) is 0 Å². The standard InChI is InChI=1S/C25H25F3N4O3/c26-25(27,28)21-10-5-4-9-20(21)24(35)31-17-15-30(16-18-31)22(33)11-12-23(34)32(14-6-13-29)19-7-2-1-3-8-19/h1-5,7-10H,6,11-12,14-18H2. The predicted octanol–water partition coefficient (Wildman–Crippen LogP) is 3.72. The highest BCUT2D eigenvalue weighted by molar-refractivity contribution is 5.97. The van der Waals surface area contributed by atoms with Crippen molar-refractivity contribution >= 4 is 23.4 Å². The summed E-state index contributed by atoms with van der Waals surface area (Å²) < 4.78 is 39.8. The molecule has 184 valence electrons. The summed E-state index contributed by atoms with van der Waals surface area (Å²) >= 11 is 0. The molecule has 0 saturated carbocycles. The molecular weight excluding hydrogens is 461 g/mol. The summed E-state index contributed by atoms with van der Waals surface area (Å²) in [6.07, 6.45) is -4.57. The van der Waals surface area contributed by atoms with E-state index < -0.39 is 23.2 Å². The first kappa shape index (κ1) is 25.7. The number of hydrogen-bond acceptors (Lipinski definition) is 4. The monoisotopic (exact) mass is 486 g/mol. The lowest BCUT2D eigenvalue weighted by Crippen LogP contribution is -2.51. The molecule has 0 radical (unpaired) electrons. The van der Waals surface area contributed by atoms with E-state index in [4.69, 9.17) is 5.26 Å². The Kier molecular flexibility index (Phi) is 8.47. The van der Waals surface area contributed by atoms with E-state index >= 15 is 0 Å². The minimum Gasteiger partial charge on any atom is -0.339 e. The Morgan fingerprint density at radius 1 is 0.886 bits per heavy atom. The molecular formula is C25H25F3N4O3. The molecule has 0 bridgehead atoms. The fraction of sp³-hybridized carbons (Fsp3) is 0.360. The second-order valence-electron chi connectivity index (χ2n) is 8.01. The van der Waals surface area contributed by atoms with Crippen molar-refractivity contribution in [2.45, 2.75) is 25.4 Å². The van der Waals surface area contributed by atoms with E-state index in [2.05, 4.69) is 0 Å². The van der Waals surface area contributed by atoms with E-state index in [-0.39, 0.29) is 63.8 Å². The highest BCUT2D eigenvalue weighted by Crippen LogP contribution is 2.32. The first-order chi connectivity index (χ1) is 16.7. The summed E-state index contributed by atoms with van der Waals surface area (Å²) in [5.41, 5.74) is -0.753. The van der Waals surface area contributed by atoms with Crippen LogP contribution in [0.25, 0.3) is 0 Å². The lowest BCUT2D eigenvalue weighted by Gasteiger charge is -2.35. The van der Waals surface area contributed by atoms with Gasteiger partial charge in [0.25, 0.3) is 5.91 Å². The maximum atomic E-state index is 13.3. The third kappa shape index (κ3) is 6.59. The lowest BCUT2D eigenvalue weighted by atomic mass is 10.1. The molecule has 1 aliphatic heterocycles. The number of para-hydroxylation sites is 1. The number of nitriles is 1. The average molecular weight is 486 g/mol. The van der Waals surface area contributed by atoms with Gasteiger partial charge in [0.15, 0.2) is 0 Å². The van der Waals surface area contributed by atoms with Crippen molar-refractivity contribution in [3.05, 3.63) is 65.7 Å². The van der Waals surface area contributed by atoms with E-state index in [1.165, 1.54) is 26.8 Å². The van der Waals surface area contributed by atoms with Crippen LogP contribution in [-0.4, -0.2) is 60.2 Å². The Morgan fingerprint density at radius 2 is 1.49 bits per heavy atom. The van der Waals surface area contributed by atoms with Gasteiger partial charge in [-0.1, -0.05) is 30.3 Å². The second kappa shape index (κ2) is 11.5. The van der Waals surface area contributed by atoms with Crippen LogP contribution in [0.4, 0.5) is 18.9 Å². The van der Waals surface area contributed by atoms with Gasteiger partial charge in [-0.25, -0.2) is 0 Å². The summed E-state index contributed by atoms with van der Waals surface area (Å²) in [5, 5.41) is 8.89. The van der Waals surface area contributed by atoms with Crippen molar-refractivity contribution in [3.8, 4) is 6.07 Å². The van der Waals surface area contributed by atoms with Crippen molar-refractivity contribution in [2.75, 3.05) is 37.6 Å². The normalized spacial score (nSPS) is 13.8. The minimum absolute atomic E-state index is 0.0421. The number of anilines is 1. The molecule has 0 aromatic heterocycles. The number of nitrogens with zero attached hydrogens (tertiary/aromatic N) is 4.